The summed E-state index contributed by atoms with van der Waals surface area (Å²) in [5.74, 6) is -0.804. The largest absolute Gasteiger partial charge is 0.370 e. The lowest BCUT2D eigenvalue weighted by atomic mass is 9.99. The standard InChI is InChI=1S/C30H38N4O4S/c1-31-29(36)26(18-25-11-7-15-39-25)34(3)30(37)27(17-21-12-13-22-8-4-5-9-23(22)16-21)33(2)28(35)20-38-19-24-10-6-14-32-24/h4-5,7-9,11-13,15-16,24,26-27,32H,6,10,14,17-20H2,1-3H3,(H,31,36). The molecular formula is C30H38N4O4S. The quantitative estimate of drug-likeness (QED) is 0.362. The number of ether oxygens (including phenoxy) is 1. The number of amides is 3. The molecule has 1 saturated heterocycles. The molecule has 0 aliphatic carbocycles. The number of nitrogens with one attached hydrogen (secondary N) is 2. The Balaban J connectivity index is 1.55. The summed E-state index contributed by atoms with van der Waals surface area (Å²) in [6, 6.07) is 16.8. The van der Waals surface area contributed by atoms with Crippen molar-refractivity contribution in [2.45, 2.75) is 43.8 Å². The van der Waals surface area contributed by atoms with Crippen molar-refractivity contribution in [3.63, 3.8) is 0 Å². The molecule has 39 heavy (non-hydrogen) atoms. The Kier molecular flexibility index (Phi) is 10.1. The minimum absolute atomic E-state index is 0.103. The number of carbonyl (C=O) groups excluding carboxylic acids is 3. The Labute approximate surface area is 234 Å². The van der Waals surface area contributed by atoms with E-state index in [1.165, 1.54) is 9.80 Å². The maximum atomic E-state index is 14.0. The highest BCUT2D eigenvalue weighted by Crippen LogP contribution is 2.21. The van der Waals surface area contributed by atoms with Gasteiger partial charge in [0.1, 0.15) is 18.7 Å². The molecule has 1 aromatic heterocycles. The van der Waals surface area contributed by atoms with E-state index in [0.29, 0.717) is 19.4 Å². The first kappa shape index (κ1) is 28.7. The van der Waals surface area contributed by atoms with Crippen molar-refractivity contribution in [3.05, 3.63) is 70.4 Å². The van der Waals surface area contributed by atoms with E-state index in [2.05, 4.69) is 16.7 Å². The van der Waals surface area contributed by atoms with E-state index in [1.807, 2.05) is 53.9 Å². The number of benzene rings is 2. The van der Waals surface area contributed by atoms with Gasteiger partial charge in [0.05, 0.1) is 6.61 Å². The van der Waals surface area contributed by atoms with E-state index in [0.717, 1.165) is 40.6 Å². The Morgan fingerprint density at radius 3 is 2.51 bits per heavy atom. The highest BCUT2D eigenvalue weighted by atomic mass is 32.1. The van der Waals surface area contributed by atoms with Gasteiger partial charge in [-0.3, -0.25) is 14.4 Å². The fourth-order valence-electron chi connectivity index (χ4n) is 5.02. The average Bonchev–Trinajstić information content (AvgIpc) is 3.67. The topological polar surface area (TPSA) is 91.0 Å². The number of hydrogen-bond acceptors (Lipinski definition) is 6. The Morgan fingerprint density at radius 1 is 1.03 bits per heavy atom. The van der Waals surface area contributed by atoms with Gasteiger partial charge in [-0.2, -0.15) is 0 Å². The molecule has 1 aliphatic rings. The Morgan fingerprint density at radius 2 is 1.82 bits per heavy atom. The summed E-state index contributed by atoms with van der Waals surface area (Å²) in [6.45, 7) is 1.32. The van der Waals surface area contributed by atoms with E-state index in [9.17, 15) is 14.4 Å². The van der Waals surface area contributed by atoms with E-state index >= 15 is 0 Å². The Hall–Kier alpha value is -3.27. The van der Waals surface area contributed by atoms with Crippen LogP contribution in [0.1, 0.15) is 23.3 Å². The third-order valence-electron chi connectivity index (χ3n) is 7.43. The van der Waals surface area contributed by atoms with Gasteiger partial charge in [0, 0.05) is 44.9 Å². The molecule has 0 bridgehead atoms. The first-order chi connectivity index (χ1) is 18.9. The predicted octanol–water partition coefficient (Wildman–Crippen LogP) is 2.86. The van der Waals surface area contributed by atoms with Crippen molar-refractivity contribution < 1.29 is 19.1 Å². The molecule has 0 saturated carbocycles. The number of hydrogen-bond donors (Lipinski definition) is 2. The first-order valence-electron chi connectivity index (χ1n) is 13.4. The van der Waals surface area contributed by atoms with Gasteiger partial charge in [0.15, 0.2) is 0 Å². The Bertz CT molecular complexity index is 1260. The normalized spacial score (nSPS) is 16.5. The zero-order chi connectivity index (χ0) is 27.8. The zero-order valence-electron chi connectivity index (χ0n) is 22.9. The maximum absolute atomic E-state index is 14.0. The van der Waals surface area contributed by atoms with Gasteiger partial charge in [-0.05, 0) is 47.2 Å². The minimum Gasteiger partial charge on any atom is -0.370 e. The molecule has 8 nitrogen and oxygen atoms in total. The highest BCUT2D eigenvalue weighted by Gasteiger charge is 2.35. The predicted molar refractivity (Wildman–Crippen MR) is 155 cm³/mol. The zero-order valence-corrected chi connectivity index (χ0v) is 23.7. The van der Waals surface area contributed by atoms with Crippen molar-refractivity contribution >= 4 is 39.8 Å². The van der Waals surface area contributed by atoms with Crippen molar-refractivity contribution in [3.8, 4) is 0 Å². The lowest BCUT2D eigenvalue weighted by Gasteiger charge is -2.34. The average molecular weight is 551 g/mol. The molecule has 2 aromatic carbocycles. The molecule has 208 valence electrons. The molecule has 3 unspecified atom stereocenters. The number of nitrogens with zero attached hydrogens (tertiary/aromatic N) is 2. The van der Waals surface area contributed by atoms with Crippen molar-refractivity contribution in [2.75, 3.05) is 40.9 Å². The molecule has 3 aromatic rings. The smallest absolute Gasteiger partial charge is 0.249 e. The van der Waals surface area contributed by atoms with Crippen molar-refractivity contribution in [1.29, 1.82) is 0 Å². The summed E-state index contributed by atoms with van der Waals surface area (Å²) in [6.07, 6.45) is 2.86. The van der Waals surface area contributed by atoms with Crippen LogP contribution in [0.15, 0.2) is 60.0 Å². The monoisotopic (exact) mass is 550 g/mol. The van der Waals surface area contributed by atoms with Crippen LogP contribution in [-0.4, -0.2) is 86.5 Å². The summed E-state index contributed by atoms with van der Waals surface area (Å²) in [5.41, 5.74) is 0.936. The minimum atomic E-state index is -0.799. The highest BCUT2D eigenvalue weighted by molar-refractivity contribution is 7.09. The molecule has 1 fully saturated rings. The maximum Gasteiger partial charge on any atom is 0.249 e. The molecule has 2 N–H and O–H groups in total. The van der Waals surface area contributed by atoms with Gasteiger partial charge in [-0.25, -0.2) is 0 Å². The van der Waals surface area contributed by atoms with Crippen molar-refractivity contribution in [2.24, 2.45) is 0 Å². The van der Waals surface area contributed by atoms with Crippen LogP contribution in [0.2, 0.25) is 0 Å². The van der Waals surface area contributed by atoms with Gasteiger partial charge in [0.2, 0.25) is 17.7 Å². The molecule has 4 rings (SSSR count). The summed E-state index contributed by atoms with van der Waals surface area (Å²) >= 11 is 1.55. The number of likely N-dealkylation sites (N-methyl/N-ethyl adjacent to an activating group) is 3. The van der Waals surface area contributed by atoms with Crippen LogP contribution in [0, 0.1) is 0 Å². The molecule has 3 amide bonds. The summed E-state index contributed by atoms with van der Waals surface area (Å²) < 4.78 is 5.73. The second-order valence-corrected chi connectivity index (χ2v) is 11.1. The van der Waals surface area contributed by atoms with Gasteiger partial charge >= 0.3 is 0 Å². The fraction of sp³-hybridized carbons (Fsp3) is 0.433. The third kappa shape index (κ3) is 7.44. The van der Waals surface area contributed by atoms with Crippen LogP contribution in [0.4, 0.5) is 0 Å². The molecule has 3 atom stereocenters. The number of carbonyl (C=O) groups is 3. The van der Waals surface area contributed by atoms with Crippen LogP contribution in [0.5, 0.6) is 0 Å². The SMILES string of the molecule is CNC(=O)C(Cc1cccs1)N(C)C(=O)C(Cc1ccc2ccccc2c1)N(C)C(=O)COCC1CCCN1. The van der Waals surface area contributed by atoms with Crippen LogP contribution >= 0.6 is 11.3 Å². The second-order valence-electron chi connectivity index (χ2n) is 10.1. The van der Waals surface area contributed by atoms with Gasteiger partial charge < -0.3 is 25.2 Å². The van der Waals surface area contributed by atoms with E-state index in [4.69, 9.17) is 4.74 Å². The third-order valence-corrected chi connectivity index (χ3v) is 8.33. The molecular weight excluding hydrogens is 512 g/mol. The number of rotatable bonds is 12. The number of fused-ring (bicyclic) bond motifs is 1. The van der Waals surface area contributed by atoms with E-state index in [-0.39, 0.29) is 30.4 Å². The van der Waals surface area contributed by atoms with Gasteiger partial charge in [0.25, 0.3) is 0 Å². The summed E-state index contributed by atoms with van der Waals surface area (Å²) in [5, 5.41) is 10.2. The first-order valence-corrected chi connectivity index (χ1v) is 14.3. The molecule has 0 spiro atoms. The van der Waals surface area contributed by atoms with Crippen LogP contribution in [0.25, 0.3) is 10.8 Å². The van der Waals surface area contributed by atoms with E-state index < -0.39 is 12.1 Å². The van der Waals surface area contributed by atoms with Crippen LogP contribution < -0.4 is 10.6 Å². The fourth-order valence-corrected chi connectivity index (χ4v) is 5.77. The van der Waals surface area contributed by atoms with Gasteiger partial charge in [-0.15, -0.1) is 11.3 Å². The lowest BCUT2D eigenvalue weighted by Crippen LogP contribution is -2.56. The van der Waals surface area contributed by atoms with Crippen LogP contribution in [-0.2, 0) is 32.0 Å². The summed E-state index contributed by atoms with van der Waals surface area (Å²) in [4.78, 5) is 44.1. The number of thiophene rings is 1. The molecule has 1 aliphatic heterocycles. The van der Waals surface area contributed by atoms with Crippen LogP contribution in [0.3, 0.4) is 0 Å². The molecule has 9 heteroatoms. The summed E-state index contributed by atoms with van der Waals surface area (Å²) in [7, 11) is 4.86. The molecule has 2 heterocycles. The molecule has 0 radical (unpaired) electrons. The lowest BCUT2D eigenvalue weighted by molar-refractivity contribution is -0.149. The van der Waals surface area contributed by atoms with Crippen molar-refractivity contribution in [1.82, 2.24) is 20.4 Å². The van der Waals surface area contributed by atoms with E-state index in [1.54, 1.807) is 32.5 Å². The second kappa shape index (κ2) is 13.7. The van der Waals surface area contributed by atoms with Gasteiger partial charge in [-0.1, -0.05) is 48.5 Å².